The number of carbonyl (C=O) groups excluding carboxylic acids is 3. The summed E-state index contributed by atoms with van der Waals surface area (Å²) in [5, 5.41) is 0. The minimum Gasteiger partial charge on any atom is -0.462 e. The average Bonchev–Trinajstić information content (AvgIpc) is 3.31. The number of allylic oxidation sites excluding steroid dienone is 4. The van der Waals surface area contributed by atoms with Gasteiger partial charge in [-0.2, -0.15) is 0 Å². The van der Waals surface area contributed by atoms with E-state index < -0.39 is 6.10 Å². The number of hydrogen-bond donors (Lipinski definition) is 0. The SMILES string of the molecule is CCCCCCC/C=C\CCCCCCCC(=O)OC(COC(=O)CCCCCCCCCCC)COC(=O)CCCCCCCCCCCCCCC/C=C\CCCCCCCCCC. The van der Waals surface area contributed by atoms with Gasteiger partial charge in [-0.05, 0) is 70.6 Å². The molecule has 66 heavy (non-hydrogen) atoms. The van der Waals surface area contributed by atoms with Gasteiger partial charge in [-0.3, -0.25) is 14.4 Å². The van der Waals surface area contributed by atoms with E-state index in [1.54, 1.807) is 0 Å². The molecular formula is C60H112O6. The van der Waals surface area contributed by atoms with Crippen molar-refractivity contribution in [3.63, 3.8) is 0 Å². The highest BCUT2D eigenvalue weighted by atomic mass is 16.6. The number of rotatable bonds is 54. The molecule has 0 heterocycles. The van der Waals surface area contributed by atoms with Gasteiger partial charge in [0.25, 0.3) is 0 Å². The second kappa shape index (κ2) is 55.5. The van der Waals surface area contributed by atoms with Gasteiger partial charge in [0.1, 0.15) is 13.2 Å². The van der Waals surface area contributed by atoms with Crippen molar-refractivity contribution in [1.29, 1.82) is 0 Å². The van der Waals surface area contributed by atoms with Crippen molar-refractivity contribution in [3.05, 3.63) is 24.3 Å². The molecule has 6 nitrogen and oxygen atoms in total. The van der Waals surface area contributed by atoms with E-state index in [0.29, 0.717) is 19.3 Å². The molecule has 0 bridgehead atoms. The summed E-state index contributed by atoms with van der Waals surface area (Å²) in [4.78, 5) is 38.0. The summed E-state index contributed by atoms with van der Waals surface area (Å²) in [6.45, 7) is 6.64. The fraction of sp³-hybridized carbons (Fsp3) is 0.883. The fourth-order valence-electron chi connectivity index (χ4n) is 8.73. The van der Waals surface area contributed by atoms with Gasteiger partial charge < -0.3 is 14.2 Å². The predicted molar refractivity (Wildman–Crippen MR) is 284 cm³/mol. The van der Waals surface area contributed by atoms with E-state index in [9.17, 15) is 14.4 Å². The molecule has 0 fully saturated rings. The van der Waals surface area contributed by atoms with Gasteiger partial charge >= 0.3 is 17.9 Å². The van der Waals surface area contributed by atoms with Crippen LogP contribution in [0.3, 0.4) is 0 Å². The van der Waals surface area contributed by atoms with Gasteiger partial charge in [0.2, 0.25) is 0 Å². The van der Waals surface area contributed by atoms with Crippen LogP contribution >= 0.6 is 0 Å². The van der Waals surface area contributed by atoms with Crippen molar-refractivity contribution >= 4 is 17.9 Å². The van der Waals surface area contributed by atoms with Crippen molar-refractivity contribution in [2.75, 3.05) is 13.2 Å². The van der Waals surface area contributed by atoms with Crippen LogP contribution in [0.25, 0.3) is 0 Å². The molecule has 0 aliphatic heterocycles. The van der Waals surface area contributed by atoms with Crippen LogP contribution in [0, 0.1) is 0 Å². The average molecular weight is 930 g/mol. The fourth-order valence-corrected chi connectivity index (χ4v) is 8.73. The van der Waals surface area contributed by atoms with Crippen LogP contribution in [-0.2, 0) is 28.6 Å². The summed E-state index contributed by atoms with van der Waals surface area (Å²) in [7, 11) is 0. The third-order valence-corrected chi connectivity index (χ3v) is 13.2. The van der Waals surface area contributed by atoms with Crippen molar-refractivity contribution in [3.8, 4) is 0 Å². The third-order valence-electron chi connectivity index (χ3n) is 13.2. The first-order valence-corrected chi connectivity index (χ1v) is 29.3. The van der Waals surface area contributed by atoms with Gasteiger partial charge in [-0.25, -0.2) is 0 Å². The molecule has 0 aromatic rings. The highest BCUT2D eigenvalue weighted by Gasteiger charge is 2.19. The van der Waals surface area contributed by atoms with Gasteiger partial charge in [0, 0.05) is 19.3 Å². The van der Waals surface area contributed by atoms with Gasteiger partial charge in [0.15, 0.2) is 6.10 Å². The first kappa shape index (κ1) is 63.9. The monoisotopic (exact) mass is 929 g/mol. The number of ether oxygens (including phenoxy) is 3. The van der Waals surface area contributed by atoms with E-state index in [1.807, 2.05) is 0 Å². The Morgan fingerprint density at radius 2 is 0.500 bits per heavy atom. The predicted octanol–water partition coefficient (Wildman–Crippen LogP) is 19.5. The molecular weight excluding hydrogens is 817 g/mol. The Morgan fingerprint density at radius 1 is 0.288 bits per heavy atom. The Hall–Kier alpha value is -2.11. The van der Waals surface area contributed by atoms with E-state index in [-0.39, 0.29) is 31.1 Å². The van der Waals surface area contributed by atoms with Crippen LogP contribution in [0.2, 0.25) is 0 Å². The van der Waals surface area contributed by atoms with E-state index in [0.717, 1.165) is 64.2 Å². The van der Waals surface area contributed by atoms with Gasteiger partial charge in [-0.1, -0.05) is 257 Å². The first-order chi connectivity index (χ1) is 32.5. The zero-order valence-corrected chi connectivity index (χ0v) is 44.5. The van der Waals surface area contributed by atoms with Crippen molar-refractivity contribution in [2.24, 2.45) is 0 Å². The number of carbonyl (C=O) groups is 3. The minimum atomic E-state index is -0.770. The van der Waals surface area contributed by atoms with Crippen molar-refractivity contribution < 1.29 is 28.6 Å². The summed E-state index contributed by atoms with van der Waals surface area (Å²) in [6.07, 6.45) is 64.7. The van der Waals surface area contributed by atoms with Gasteiger partial charge in [-0.15, -0.1) is 0 Å². The maximum atomic E-state index is 12.8. The van der Waals surface area contributed by atoms with Crippen LogP contribution in [-0.4, -0.2) is 37.2 Å². The molecule has 0 spiro atoms. The molecule has 0 saturated heterocycles. The van der Waals surface area contributed by atoms with Gasteiger partial charge in [0.05, 0.1) is 0 Å². The highest BCUT2D eigenvalue weighted by molar-refractivity contribution is 5.71. The maximum absolute atomic E-state index is 12.8. The molecule has 0 aromatic heterocycles. The Kier molecular flexibility index (Phi) is 53.7. The lowest BCUT2D eigenvalue weighted by molar-refractivity contribution is -0.167. The molecule has 0 saturated carbocycles. The Labute approximate surface area is 411 Å². The van der Waals surface area contributed by atoms with E-state index in [2.05, 4.69) is 45.1 Å². The molecule has 0 aliphatic carbocycles. The summed E-state index contributed by atoms with van der Waals surface area (Å²) >= 11 is 0. The van der Waals surface area contributed by atoms with Crippen LogP contribution < -0.4 is 0 Å². The molecule has 0 aromatic carbocycles. The quantitative estimate of drug-likeness (QED) is 0.0262. The smallest absolute Gasteiger partial charge is 0.306 e. The standard InChI is InChI=1S/C60H112O6/c1-4-7-10-13-16-19-21-23-25-26-27-28-29-30-31-32-33-34-35-37-38-41-44-47-50-53-59(62)65-56-57(55-64-58(61)52-49-46-43-40-18-15-12-9-6-3)66-60(63)54-51-48-45-42-39-36-24-22-20-17-14-11-8-5-2/h22,24,26-27,57H,4-21,23,25,28-56H2,1-3H3/b24-22-,27-26-. The normalized spacial score (nSPS) is 12.1. The molecule has 0 aliphatic rings. The Bertz CT molecular complexity index is 1070. The lowest BCUT2D eigenvalue weighted by Gasteiger charge is -2.18. The zero-order chi connectivity index (χ0) is 47.9. The van der Waals surface area contributed by atoms with E-state index in [4.69, 9.17) is 14.2 Å². The molecule has 0 amide bonds. The second-order valence-electron chi connectivity index (χ2n) is 19.9. The minimum absolute atomic E-state index is 0.0705. The van der Waals surface area contributed by atoms with E-state index >= 15 is 0 Å². The molecule has 0 rings (SSSR count). The third kappa shape index (κ3) is 52.9. The molecule has 0 N–H and O–H groups in total. The highest BCUT2D eigenvalue weighted by Crippen LogP contribution is 2.16. The van der Waals surface area contributed by atoms with E-state index in [1.165, 1.54) is 218 Å². The number of hydrogen-bond acceptors (Lipinski definition) is 6. The summed E-state index contributed by atoms with van der Waals surface area (Å²) in [6, 6.07) is 0. The molecule has 388 valence electrons. The Balaban J connectivity index is 4.14. The molecule has 1 unspecified atom stereocenters. The first-order valence-electron chi connectivity index (χ1n) is 29.3. The maximum Gasteiger partial charge on any atom is 0.306 e. The lowest BCUT2D eigenvalue weighted by atomic mass is 10.0. The molecule has 0 radical (unpaired) electrons. The number of unbranched alkanes of at least 4 members (excludes halogenated alkanes) is 39. The topological polar surface area (TPSA) is 78.9 Å². The molecule has 6 heteroatoms. The van der Waals surface area contributed by atoms with Crippen LogP contribution in [0.15, 0.2) is 24.3 Å². The second-order valence-corrected chi connectivity index (χ2v) is 19.9. The summed E-state index contributed by atoms with van der Waals surface area (Å²) in [5.41, 5.74) is 0. The summed E-state index contributed by atoms with van der Waals surface area (Å²) < 4.78 is 16.8. The van der Waals surface area contributed by atoms with Crippen molar-refractivity contribution in [1.82, 2.24) is 0 Å². The van der Waals surface area contributed by atoms with Crippen LogP contribution in [0.5, 0.6) is 0 Å². The van der Waals surface area contributed by atoms with Crippen LogP contribution in [0.1, 0.15) is 323 Å². The Morgan fingerprint density at radius 3 is 0.758 bits per heavy atom. The lowest BCUT2D eigenvalue weighted by Crippen LogP contribution is -2.30. The largest absolute Gasteiger partial charge is 0.462 e. The van der Waals surface area contributed by atoms with Crippen molar-refractivity contribution in [2.45, 2.75) is 329 Å². The number of esters is 3. The molecule has 1 atom stereocenters. The zero-order valence-electron chi connectivity index (χ0n) is 44.5. The summed E-state index contributed by atoms with van der Waals surface area (Å²) in [5.74, 6) is -0.865. The van der Waals surface area contributed by atoms with Crippen LogP contribution in [0.4, 0.5) is 0 Å².